The van der Waals surface area contributed by atoms with Crippen LogP contribution in [0.5, 0.6) is 0 Å². The van der Waals surface area contributed by atoms with Crippen LogP contribution in [0.1, 0.15) is 94.5 Å². The van der Waals surface area contributed by atoms with Crippen molar-refractivity contribution in [1.29, 1.82) is 0 Å². The lowest BCUT2D eigenvalue weighted by molar-refractivity contribution is 0.851. The Kier molecular flexibility index (Phi) is 10.9. The average molecular weight is 735 g/mol. The highest BCUT2D eigenvalue weighted by atomic mass is 28.3. The molecule has 0 saturated heterocycles. The molecule has 1 atom stereocenters. The zero-order chi connectivity index (χ0) is 39.0. The van der Waals surface area contributed by atoms with Crippen LogP contribution in [0, 0.1) is 47.5 Å². The summed E-state index contributed by atoms with van der Waals surface area (Å²) in [6.07, 6.45) is 2.85. The third-order valence-electron chi connectivity index (χ3n) is 13.1. The van der Waals surface area contributed by atoms with Gasteiger partial charge in [-0.05, 0) is 175 Å². The first-order valence-electron chi connectivity index (χ1n) is 20.2. The van der Waals surface area contributed by atoms with Gasteiger partial charge in [0.2, 0.25) is 0 Å². The largest absolute Gasteiger partial charge is 0.176 e. The number of allylic oxidation sites excluding steroid dienone is 4. The summed E-state index contributed by atoms with van der Waals surface area (Å²) in [6, 6.07) is 48.6. The van der Waals surface area contributed by atoms with E-state index >= 15 is 0 Å². The van der Waals surface area contributed by atoms with Crippen LogP contribution >= 0.6 is 0 Å². The standard InChI is InChI=1S/C54H58Si/c1-35-26-48(27-36(2)51(35)32-45-20-14-11-15-21-45)55(54-43(9)41(7)42(8)44(54)10,49-28-37(3)52(38(4)29-49)33-46-22-16-12-17-23-46)50-30-39(5)53(40(6)31-50)34-47-24-18-13-19-25-47/h11-31,43H,32-34H2,1-10H3. The van der Waals surface area contributed by atoms with Crippen molar-refractivity contribution in [3.8, 4) is 0 Å². The quantitative estimate of drug-likeness (QED) is 0.0971. The molecule has 1 aliphatic carbocycles. The second-order valence-corrected chi connectivity index (χ2v) is 20.3. The molecular weight excluding hydrogens is 677 g/mol. The van der Waals surface area contributed by atoms with Gasteiger partial charge in [-0.3, -0.25) is 0 Å². The Labute approximate surface area is 332 Å². The SMILES string of the molecule is CC1=C(C)C(C)C([Si](c2cc(C)c(Cc3ccccc3)c(C)c2)(c2cc(C)c(Cc3ccccc3)c(C)c2)c2cc(C)c(Cc3ccccc3)c(C)c2)=C1C. The van der Waals surface area contributed by atoms with Crippen LogP contribution in [0.25, 0.3) is 0 Å². The summed E-state index contributed by atoms with van der Waals surface area (Å²) in [7, 11) is -2.90. The van der Waals surface area contributed by atoms with Crippen molar-refractivity contribution in [2.45, 2.75) is 88.5 Å². The Bertz CT molecular complexity index is 2120. The minimum Gasteiger partial charge on any atom is -0.0636 e. The van der Waals surface area contributed by atoms with Gasteiger partial charge in [-0.15, -0.1) is 0 Å². The molecule has 6 aromatic carbocycles. The minimum absolute atomic E-state index is 0.352. The van der Waals surface area contributed by atoms with Crippen LogP contribution in [-0.4, -0.2) is 8.07 Å². The minimum atomic E-state index is -2.90. The number of aryl methyl sites for hydroxylation is 6. The van der Waals surface area contributed by atoms with Crippen LogP contribution in [0.15, 0.2) is 149 Å². The molecule has 0 aromatic heterocycles. The predicted octanol–water partition coefficient (Wildman–Crippen LogP) is 11.6. The summed E-state index contributed by atoms with van der Waals surface area (Å²) in [6.45, 7) is 23.8. The molecule has 1 aliphatic rings. The van der Waals surface area contributed by atoms with Crippen LogP contribution < -0.4 is 15.6 Å². The van der Waals surface area contributed by atoms with Crippen LogP contribution in [-0.2, 0) is 19.3 Å². The molecular formula is C54H58Si. The third-order valence-corrected chi connectivity index (χ3v) is 18.2. The Morgan fingerprint density at radius 3 is 0.891 bits per heavy atom. The molecule has 0 nitrogen and oxygen atoms in total. The van der Waals surface area contributed by atoms with Crippen LogP contribution in [0.3, 0.4) is 0 Å². The van der Waals surface area contributed by atoms with Crippen molar-refractivity contribution in [2.24, 2.45) is 5.92 Å². The van der Waals surface area contributed by atoms with Crippen LogP contribution in [0.2, 0.25) is 0 Å². The average Bonchev–Trinajstić information content (AvgIpc) is 3.36. The maximum absolute atomic E-state index is 2.90. The molecule has 0 saturated carbocycles. The lowest BCUT2D eigenvalue weighted by Crippen LogP contribution is -2.70. The Morgan fingerprint density at radius 2 is 0.655 bits per heavy atom. The normalized spacial score (nSPS) is 14.6. The number of hydrogen-bond acceptors (Lipinski definition) is 0. The van der Waals surface area contributed by atoms with Crippen molar-refractivity contribution in [2.75, 3.05) is 0 Å². The molecule has 278 valence electrons. The molecule has 0 fully saturated rings. The van der Waals surface area contributed by atoms with Crippen molar-refractivity contribution >= 4 is 23.6 Å². The van der Waals surface area contributed by atoms with E-state index in [2.05, 4.69) is 197 Å². The number of hydrogen-bond donors (Lipinski definition) is 0. The molecule has 0 bridgehead atoms. The van der Waals surface area contributed by atoms with Gasteiger partial charge in [-0.25, -0.2) is 0 Å². The van der Waals surface area contributed by atoms with E-state index in [1.165, 1.54) is 99.0 Å². The van der Waals surface area contributed by atoms with Gasteiger partial charge in [0.15, 0.2) is 8.07 Å². The van der Waals surface area contributed by atoms with E-state index in [1.54, 1.807) is 5.20 Å². The van der Waals surface area contributed by atoms with Gasteiger partial charge < -0.3 is 0 Å². The summed E-state index contributed by atoms with van der Waals surface area (Å²) >= 11 is 0. The van der Waals surface area contributed by atoms with Crippen LogP contribution in [0.4, 0.5) is 0 Å². The first kappa shape index (κ1) is 38.3. The highest BCUT2D eigenvalue weighted by molar-refractivity contribution is 7.16. The molecule has 1 unspecified atom stereocenters. The molecule has 0 radical (unpaired) electrons. The zero-order valence-electron chi connectivity index (χ0n) is 34.8. The summed E-state index contributed by atoms with van der Waals surface area (Å²) < 4.78 is 0. The molecule has 0 spiro atoms. The number of rotatable bonds is 10. The molecule has 0 heterocycles. The monoisotopic (exact) mass is 734 g/mol. The molecule has 55 heavy (non-hydrogen) atoms. The van der Waals surface area contributed by atoms with Crippen molar-refractivity contribution in [3.63, 3.8) is 0 Å². The Morgan fingerprint density at radius 1 is 0.382 bits per heavy atom. The van der Waals surface area contributed by atoms with E-state index in [0.717, 1.165) is 19.3 Å². The summed E-state index contributed by atoms with van der Waals surface area (Å²) in [5.74, 6) is 0.352. The van der Waals surface area contributed by atoms with E-state index in [1.807, 2.05) is 0 Å². The van der Waals surface area contributed by atoms with E-state index in [4.69, 9.17) is 0 Å². The topological polar surface area (TPSA) is 0 Å². The second kappa shape index (κ2) is 15.6. The zero-order valence-corrected chi connectivity index (χ0v) is 35.8. The number of benzene rings is 6. The summed E-state index contributed by atoms with van der Waals surface area (Å²) in [4.78, 5) is 0. The van der Waals surface area contributed by atoms with Gasteiger partial charge in [-0.2, -0.15) is 0 Å². The maximum atomic E-state index is 2.61. The molecule has 0 aliphatic heterocycles. The third kappa shape index (κ3) is 7.16. The van der Waals surface area contributed by atoms with Gasteiger partial charge in [-0.1, -0.05) is 151 Å². The lowest BCUT2D eigenvalue weighted by atomic mass is 9.96. The Hall–Kier alpha value is -4.98. The van der Waals surface area contributed by atoms with Gasteiger partial charge in [0, 0.05) is 0 Å². The molecule has 6 aromatic rings. The molecule has 1 heteroatoms. The molecule has 0 amide bonds. The van der Waals surface area contributed by atoms with Gasteiger partial charge in [0.05, 0.1) is 0 Å². The van der Waals surface area contributed by atoms with E-state index < -0.39 is 8.07 Å². The fraction of sp³-hybridized carbons (Fsp3) is 0.259. The second-order valence-electron chi connectivity index (χ2n) is 16.6. The Balaban J connectivity index is 1.54. The van der Waals surface area contributed by atoms with Crippen molar-refractivity contribution in [3.05, 3.63) is 216 Å². The van der Waals surface area contributed by atoms with E-state index in [-0.39, 0.29) is 0 Å². The fourth-order valence-electron chi connectivity index (χ4n) is 9.80. The molecule has 7 rings (SSSR count). The van der Waals surface area contributed by atoms with Gasteiger partial charge >= 0.3 is 0 Å². The van der Waals surface area contributed by atoms with E-state index in [9.17, 15) is 0 Å². The smallest absolute Gasteiger partial charge is 0.0636 e. The first-order valence-corrected chi connectivity index (χ1v) is 22.2. The fourth-order valence-corrected chi connectivity index (χ4v) is 15.9. The van der Waals surface area contributed by atoms with Crippen molar-refractivity contribution < 1.29 is 0 Å². The lowest BCUT2D eigenvalue weighted by Gasteiger charge is -2.40. The van der Waals surface area contributed by atoms with E-state index in [0.29, 0.717) is 5.92 Å². The predicted molar refractivity (Wildman–Crippen MR) is 240 cm³/mol. The maximum Gasteiger partial charge on any atom is 0.176 e. The summed E-state index contributed by atoms with van der Waals surface area (Å²) in [5, 5.41) is 6.17. The first-order chi connectivity index (χ1) is 26.4. The van der Waals surface area contributed by atoms with Gasteiger partial charge in [0.1, 0.15) is 0 Å². The summed E-state index contributed by atoms with van der Waals surface area (Å²) in [5.41, 5.74) is 21.3. The molecule has 0 N–H and O–H groups in total. The van der Waals surface area contributed by atoms with Crippen molar-refractivity contribution in [1.82, 2.24) is 0 Å². The highest BCUT2D eigenvalue weighted by Gasteiger charge is 2.49. The van der Waals surface area contributed by atoms with Gasteiger partial charge in [0.25, 0.3) is 0 Å². The highest BCUT2D eigenvalue weighted by Crippen LogP contribution is 2.42.